The molecule has 142 valence electrons. The Morgan fingerprint density at radius 3 is 2.54 bits per heavy atom. The third-order valence-corrected chi connectivity index (χ3v) is 5.06. The number of imidazole rings is 1. The van der Waals surface area contributed by atoms with Crippen molar-refractivity contribution in [2.45, 2.75) is 33.2 Å². The highest BCUT2D eigenvalue weighted by Gasteiger charge is 2.12. The number of hydrogen-bond donors (Lipinski definition) is 0. The normalized spacial score (nSPS) is 11.1. The van der Waals surface area contributed by atoms with Crippen LogP contribution in [0.25, 0.3) is 22.4 Å². The molecule has 4 rings (SSSR count). The van der Waals surface area contributed by atoms with Gasteiger partial charge in [0.05, 0.1) is 17.6 Å². The predicted octanol–water partition coefficient (Wildman–Crippen LogP) is 6.18. The fourth-order valence-electron chi connectivity index (χ4n) is 3.58. The van der Waals surface area contributed by atoms with Gasteiger partial charge in [-0.25, -0.2) is 4.98 Å². The maximum atomic E-state index is 5.95. The molecule has 28 heavy (non-hydrogen) atoms. The zero-order valence-electron chi connectivity index (χ0n) is 16.6. The Morgan fingerprint density at radius 1 is 0.857 bits per heavy atom. The highest BCUT2D eigenvalue weighted by molar-refractivity contribution is 5.80. The van der Waals surface area contributed by atoms with Crippen LogP contribution in [0, 0.1) is 13.8 Å². The minimum Gasteiger partial charge on any atom is -0.493 e. The highest BCUT2D eigenvalue weighted by Crippen LogP contribution is 2.26. The van der Waals surface area contributed by atoms with Gasteiger partial charge in [-0.1, -0.05) is 54.1 Å². The molecule has 1 heterocycles. The molecule has 3 nitrogen and oxygen atoms in total. The van der Waals surface area contributed by atoms with Crippen molar-refractivity contribution in [1.82, 2.24) is 9.55 Å². The molecule has 0 saturated carbocycles. The van der Waals surface area contributed by atoms with E-state index < -0.39 is 0 Å². The lowest BCUT2D eigenvalue weighted by atomic mass is 10.1. The second-order valence-electron chi connectivity index (χ2n) is 7.27. The molecule has 0 aliphatic heterocycles. The zero-order valence-corrected chi connectivity index (χ0v) is 16.6. The van der Waals surface area contributed by atoms with E-state index in [2.05, 4.69) is 73.0 Å². The summed E-state index contributed by atoms with van der Waals surface area (Å²) in [5.41, 5.74) is 5.86. The molecule has 0 amide bonds. The fourth-order valence-corrected chi connectivity index (χ4v) is 3.58. The Balaban J connectivity index is 1.48. The van der Waals surface area contributed by atoms with Gasteiger partial charge in [-0.3, -0.25) is 0 Å². The molecule has 0 unspecified atom stereocenters. The summed E-state index contributed by atoms with van der Waals surface area (Å²) in [6.45, 7) is 5.87. The van der Waals surface area contributed by atoms with Crippen LogP contribution in [0.5, 0.6) is 5.75 Å². The Kier molecular flexibility index (Phi) is 5.43. The molecule has 0 bridgehead atoms. The number of fused-ring (bicyclic) bond motifs is 1. The third kappa shape index (κ3) is 3.94. The first-order valence-electron chi connectivity index (χ1n) is 9.93. The van der Waals surface area contributed by atoms with Gasteiger partial charge in [0.15, 0.2) is 0 Å². The van der Waals surface area contributed by atoms with E-state index in [1.807, 2.05) is 18.2 Å². The van der Waals surface area contributed by atoms with Crippen molar-refractivity contribution in [2.24, 2.45) is 0 Å². The van der Waals surface area contributed by atoms with Crippen molar-refractivity contribution in [2.75, 3.05) is 6.61 Å². The van der Waals surface area contributed by atoms with Crippen LogP contribution in [0.3, 0.4) is 0 Å². The molecule has 3 heteroatoms. The molecule has 0 saturated heterocycles. The van der Waals surface area contributed by atoms with Crippen LogP contribution in [0.15, 0.2) is 72.8 Å². The van der Waals surface area contributed by atoms with Crippen LogP contribution in [0.1, 0.15) is 24.0 Å². The smallest absolute Gasteiger partial charge is 0.141 e. The minimum atomic E-state index is 0.733. The number of benzene rings is 3. The first kappa shape index (κ1) is 18.3. The van der Waals surface area contributed by atoms with Crippen LogP contribution < -0.4 is 4.74 Å². The van der Waals surface area contributed by atoms with Crippen molar-refractivity contribution < 1.29 is 4.74 Å². The van der Waals surface area contributed by atoms with E-state index in [0.29, 0.717) is 0 Å². The molecule has 0 atom stereocenters. The first-order chi connectivity index (χ1) is 13.7. The van der Waals surface area contributed by atoms with Crippen molar-refractivity contribution in [3.63, 3.8) is 0 Å². The van der Waals surface area contributed by atoms with E-state index >= 15 is 0 Å². The molecule has 4 aromatic rings. The standard InChI is InChI=1S/C25H26N2O/c1-19-10-9-12-21(18-19)25-26-22-13-4-5-14-23(22)27(25)16-7-8-17-28-24-15-6-3-11-20(24)2/h3-6,9-15,18H,7-8,16-17H2,1-2H3. The van der Waals surface area contributed by atoms with E-state index in [9.17, 15) is 0 Å². The summed E-state index contributed by atoms with van der Waals surface area (Å²) in [6.07, 6.45) is 2.05. The number of nitrogens with zero attached hydrogens (tertiary/aromatic N) is 2. The van der Waals surface area contributed by atoms with Crippen molar-refractivity contribution in [3.8, 4) is 17.1 Å². The number of para-hydroxylation sites is 3. The molecular formula is C25H26N2O. The van der Waals surface area contributed by atoms with E-state index in [0.717, 1.165) is 43.1 Å². The van der Waals surface area contributed by atoms with E-state index in [-0.39, 0.29) is 0 Å². The lowest BCUT2D eigenvalue weighted by Crippen LogP contribution is -2.04. The largest absolute Gasteiger partial charge is 0.493 e. The average Bonchev–Trinajstić information content (AvgIpc) is 3.08. The predicted molar refractivity (Wildman–Crippen MR) is 116 cm³/mol. The minimum absolute atomic E-state index is 0.733. The molecule has 0 radical (unpaired) electrons. The first-order valence-corrected chi connectivity index (χ1v) is 9.93. The summed E-state index contributed by atoms with van der Waals surface area (Å²) >= 11 is 0. The van der Waals surface area contributed by atoms with E-state index in [1.165, 1.54) is 22.2 Å². The maximum Gasteiger partial charge on any atom is 0.141 e. The van der Waals surface area contributed by atoms with Crippen molar-refractivity contribution >= 4 is 11.0 Å². The lowest BCUT2D eigenvalue weighted by Gasteiger charge is -2.11. The number of rotatable bonds is 7. The number of unbranched alkanes of at least 4 members (excludes halogenated alkanes) is 1. The lowest BCUT2D eigenvalue weighted by molar-refractivity contribution is 0.302. The second-order valence-corrected chi connectivity index (χ2v) is 7.27. The Morgan fingerprint density at radius 2 is 1.68 bits per heavy atom. The summed E-state index contributed by atoms with van der Waals surface area (Å²) < 4.78 is 8.29. The van der Waals surface area contributed by atoms with Crippen LogP contribution in [-0.4, -0.2) is 16.2 Å². The highest BCUT2D eigenvalue weighted by atomic mass is 16.5. The van der Waals surface area contributed by atoms with Crippen LogP contribution in [-0.2, 0) is 6.54 Å². The van der Waals surface area contributed by atoms with Gasteiger partial charge in [0.1, 0.15) is 11.6 Å². The molecular weight excluding hydrogens is 344 g/mol. The van der Waals surface area contributed by atoms with E-state index in [4.69, 9.17) is 9.72 Å². The molecule has 0 aliphatic rings. The maximum absolute atomic E-state index is 5.95. The van der Waals surface area contributed by atoms with Gasteiger partial charge in [-0.15, -0.1) is 0 Å². The number of aromatic nitrogens is 2. The summed E-state index contributed by atoms with van der Waals surface area (Å²) in [4.78, 5) is 4.91. The summed E-state index contributed by atoms with van der Waals surface area (Å²) in [5, 5.41) is 0. The monoisotopic (exact) mass is 370 g/mol. The van der Waals surface area contributed by atoms with Crippen LogP contribution in [0.4, 0.5) is 0 Å². The summed E-state index contributed by atoms with van der Waals surface area (Å²) in [6, 6.07) is 25.1. The van der Waals surface area contributed by atoms with Gasteiger partial charge < -0.3 is 9.30 Å². The number of aryl methyl sites for hydroxylation is 3. The SMILES string of the molecule is Cc1cccc(-c2nc3ccccc3n2CCCCOc2ccccc2C)c1. The number of hydrogen-bond acceptors (Lipinski definition) is 2. The quantitative estimate of drug-likeness (QED) is 0.363. The fraction of sp³-hybridized carbons (Fsp3) is 0.240. The third-order valence-electron chi connectivity index (χ3n) is 5.06. The second kappa shape index (κ2) is 8.30. The summed E-state index contributed by atoms with van der Waals surface area (Å²) in [7, 11) is 0. The molecule has 1 aromatic heterocycles. The zero-order chi connectivity index (χ0) is 19.3. The van der Waals surface area contributed by atoms with Gasteiger partial charge in [0.2, 0.25) is 0 Å². The van der Waals surface area contributed by atoms with Crippen molar-refractivity contribution in [1.29, 1.82) is 0 Å². The van der Waals surface area contributed by atoms with Crippen molar-refractivity contribution in [3.05, 3.63) is 83.9 Å². The molecule has 3 aromatic carbocycles. The number of ether oxygens (including phenoxy) is 1. The molecule has 0 fully saturated rings. The molecule has 0 spiro atoms. The molecule has 0 aliphatic carbocycles. The summed E-state index contributed by atoms with van der Waals surface area (Å²) in [5.74, 6) is 2.03. The molecule has 0 N–H and O–H groups in total. The van der Waals surface area contributed by atoms with Gasteiger partial charge in [-0.2, -0.15) is 0 Å². The van der Waals surface area contributed by atoms with E-state index in [1.54, 1.807) is 0 Å². The van der Waals surface area contributed by atoms with Gasteiger partial charge in [0, 0.05) is 12.1 Å². The van der Waals surface area contributed by atoms with Gasteiger partial charge >= 0.3 is 0 Å². The average molecular weight is 370 g/mol. The van der Waals surface area contributed by atoms with Crippen LogP contribution >= 0.6 is 0 Å². The van der Waals surface area contributed by atoms with Gasteiger partial charge in [0.25, 0.3) is 0 Å². The van der Waals surface area contributed by atoms with Crippen LogP contribution in [0.2, 0.25) is 0 Å². The Hall–Kier alpha value is -3.07. The van der Waals surface area contributed by atoms with Gasteiger partial charge in [-0.05, 0) is 56.5 Å². The Labute approximate surface area is 166 Å². The Bertz CT molecular complexity index is 1080. The topological polar surface area (TPSA) is 27.1 Å².